The maximum absolute atomic E-state index is 11.9. The van der Waals surface area contributed by atoms with E-state index in [9.17, 15) is 14.4 Å². The Morgan fingerprint density at radius 2 is 1.72 bits per heavy atom. The third kappa shape index (κ3) is 3.35. The summed E-state index contributed by atoms with van der Waals surface area (Å²) in [5, 5.41) is 0. The van der Waals surface area contributed by atoms with Crippen LogP contribution >= 0.6 is 0 Å². The van der Waals surface area contributed by atoms with Crippen molar-refractivity contribution in [3.8, 4) is 0 Å². The van der Waals surface area contributed by atoms with Crippen LogP contribution in [0.25, 0.3) is 0 Å². The third-order valence-corrected chi connectivity index (χ3v) is 2.66. The number of hydrogen-bond acceptors (Lipinski definition) is 4. The lowest BCUT2D eigenvalue weighted by Gasteiger charge is -2.27. The molecule has 1 aliphatic heterocycles. The van der Waals surface area contributed by atoms with E-state index in [0.29, 0.717) is 0 Å². The summed E-state index contributed by atoms with van der Waals surface area (Å²) in [5.74, 6) is -1.77. The molecule has 1 heterocycles. The zero-order valence-electron chi connectivity index (χ0n) is 10.8. The van der Waals surface area contributed by atoms with Crippen LogP contribution in [0.1, 0.15) is 27.2 Å². The molecule has 0 radical (unpaired) electrons. The van der Waals surface area contributed by atoms with Crippen molar-refractivity contribution in [3.05, 3.63) is 0 Å². The van der Waals surface area contributed by atoms with E-state index < -0.39 is 35.5 Å². The molecule has 102 valence electrons. The second-order valence-electron chi connectivity index (χ2n) is 5.39. The minimum Gasteiger partial charge on any atom is -0.444 e. The van der Waals surface area contributed by atoms with Crippen LogP contribution in [0.15, 0.2) is 0 Å². The van der Waals surface area contributed by atoms with Crippen LogP contribution < -0.4 is 11.5 Å². The van der Waals surface area contributed by atoms with Crippen molar-refractivity contribution in [2.75, 3.05) is 6.54 Å². The fourth-order valence-electron chi connectivity index (χ4n) is 1.83. The predicted octanol–water partition coefficient (Wildman–Crippen LogP) is -0.417. The minimum absolute atomic E-state index is 0.0673. The molecule has 4 N–H and O–H groups in total. The topological polar surface area (TPSA) is 116 Å². The zero-order valence-corrected chi connectivity index (χ0v) is 10.8. The number of carbonyl (C=O) groups excluding carboxylic acids is 3. The van der Waals surface area contributed by atoms with Gasteiger partial charge in [-0.25, -0.2) is 4.79 Å². The molecule has 0 aromatic heterocycles. The van der Waals surface area contributed by atoms with E-state index in [1.165, 1.54) is 4.90 Å². The van der Waals surface area contributed by atoms with Crippen LogP contribution in [-0.2, 0) is 14.3 Å². The highest BCUT2D eigenvalue weighted by atomic mass is 16.6. The van der Waals surface area contributed by atoms with Gasteiger partial charge >= 0.3 is 6.09 Å². The van der Waals surface area contributed by atoms with Gasteiger partial charge in [0.05, 0.1) is 5.92 Å². The van der Waals surface area contributed by atoms with Gasteiger partial charge in [-0.1, -0.05) is 0 Å². The second kappa shape index (κ2) is 4.83. The summed E-state index contributed by atoms with van der Waals surface area (Å²) in [7, 11) is 0. The Labute approximate surface area is 105 Å². The van der Waals surface area contributed by atoms with E-state index >= 15 is 0 Å². The third-order valence-electron chi connectivity index (χ3n) is 2.66. The maximum Gasteiger partial charge on any atom is 0.410 e. The summed E-state index contributed by atoms with van der Waals surface area (Å²) in [5.41, 5.74) is 9.71. The Hall–Kier alpha value is -1.79. The van der Waals surface area contributed by atoms with Gasteiger partial charge in [-0.2, -0.15) is 0 Å². The molecule has 0 aromatic carbocycles. The SMILES string of the molecule is CC(C)(C)OC(=O)N1C[C@@H](C(N)=O)C[C@H]1C(N)=O. The van der Waals surface area contributed by atoms with Crippen molar-refractivity contribution in [1.29, 1.82) is 0 Å². The van der Waals surface area contributed by atoms with Crippen molar-refractivity contribution in [2.24, 2.45) is 17.4 Å². The number of amides is 3. The first kappa shape index (κ1) is 14.3. The number of nitrogens with zero attached hydrogens (tertiary/aromatic N) is 1. The molecule has 1 fully saturated rings. The quantitative estimate of drug-likeness (QED) is 0.699. The largest absolute Gasteiger partial charge is 0.444 e. The molecular formula is C11H19N3O4. The minimum atomic E-state index is -0.836. The average Bonchev–Trinajstić information content (AvgIpc) is 2.58. The molecule has 3 amide bonds. The monoisotopic (exact) mass is 257 g/mol. The van der Waals surface area contributed by atoms with Crippen LogP contribution in [0.2, 0.25) is 0 Å². The second-order valence-corrected chi connectivity index (χ2v) is 5.39. The smallest absolute Gasteiger partial charge is 0.410 e. The van der Waals surface area contributed by atoms with Gasteiger partial charge in [-0.05, 0) is 27.2 Å². The average molecular weight is 257 g/mol. The van der Waals surface area contributed by atoms with E-state index in [1.54, 1.807) is 20.8 Å². The lowest BCUT2D eigenvalue weighted by molar-refractivity contribution is -0.122. The molecule has 0 aliphatic carbocycles. The molecule has 7 nitrogen and oxygen atoms in total. The Morgan fingerprint density at radius 3 is 2.11 bits per heavy atom. The summed E-state index contributed by atoms with van der Waals surface area (Å²) in [6.45, 7) is 5.21. The zero-order chi connectivity index (χ0) is 14.1. The summed E-state index contributed by atoms with van der Waals surface area (Å²) in [4.78, 5) is 35.4. The predicted molar refractivity (Wildman–Crippen MR) is 63.2 cm³/mol. The van der Waals surface area contributed by atoms with Crippen molar-refractivity contribution in [2.45, 2.75) is 38.8 Å². The van der Waals surface area contributed by atoms with Crippen molar-refractivity contribution in [1.82, 2.24) is 4.90 Å². The molecule has 1 saturated heterocycles. The van der Waals surface area contributed by atoms with E-state index in [-0.39, 0.29) is 13.0 Å². The van der Waals surface area contributed by atoms with Gasteiger partial charge in [0, 0.05) is 6.54 Å². The highest BCUT2D eigenvalue weighted by molar-refractivity contribution is 5.87. The normalized spacial score (nSPS) is 23.8. The number of nitrogens with two attached hydrogens (primary N) is 2. The highest BCUT2D eigenvalue weighted by Gasteiger charge is 2.42. The standard InChI is InChI=1S/C11H19N3O4/c1-11(2,3)18-10(17)14-5-6(8(12)15)4-7(14)9(13)16/h6-7H,4-5H2,1-3H3,(H2,12,15)(H2,13,16)/t6-,7-/m0/s1. The molecule has 0 aromatic rings. The number of likely N-dealkylation sites (tertiary alicyclic amines) is 1. The highest BCUT2D eigenvalue weighted by Crippen LogP contribution is 2.25. The van der Waals surface area contributed by atoms with Gasteiger partial charge in [0.2, 0.25) is 11.8 Å². The van der Waals surface area contributed by atoms with E-state index in [4.69, 9.17) is 16.2 Å². The molecule has 0 bridgehead atoms. The fourth-order valence-corrected chi connectivity index (χ4v) is 1.83. The molecule has 18 heavy (non-hydrogen) atoms. The molecular weight excluding hydrogens is 238 g/mol. The van der Waals surface area contributed by atoms with Gasteiger partial charge in [0.25, 0.3) is 0 Å². The van der Waals surface area contributed by atoms with Crippen molar-refractivity contribution in [3.63, 3.8) is 0 Å². The molecule has 7 heteroatoms. The molecule has 0 saturated carbocycles. The van der Waals surface area contributed by atoms with Gasteiger partial charge in [0.1, 0.15) is 11.6 Å². The Kier molecular flexibility index (Phi) is 3.83. The van der Waals surface area contributed by atoms with E-state index in [1.807, 2.05) is 0 Å². The Bertz CT molecular complexity index is 375. The number of hydrogen-bond donors (Lipinski definition) is 2. The van der Waals surface area contributed by atoms with Gasteiger partial charge in [-0.15, -0.1) is 0 Å². The number of ether oxygens (including phenoxy) is 1. The molecule has 1 aliphatic rings. The maximum atomic E-state index is 11.9. The van der Waals surface area contributed by atoms with Gasteiger partial charge in [-0.3, -0.25) is 14.5 Å². The Morgan fingerprint density at radius 1 is 1.17 bits per heavy atom. The summed E-state index contributed by atoms with van der Waals surface area (Å²) in [6, 6.07) is -0.836. The first-order valence-corrected chi connectivity index (χ1v) is 5.70. The van der Waals surface area contributed by atoms with Crippen LogP contribution in [0.4, 0.5) is 4.79 Å². The van der Waals surface area contributed by atoms with Crippen LogP contribution in [0.5, 0.6) is 0 Å². The fraction of sp³-hybridized carbons (Fsp3) is 0.727. The Balaban J connectivity index is 2.82. The van der Waals surface area contributed by atoms with Crippen LogP contribution in [0, 0.1) is 5.92 Å². The van der Waals surface area contributed by atoms with Crippen molar-refractivity contribution < 1.29 is 19.1 Å². The van der Waals surface area contributed by atoms with Gasteiger partial charge in [0.15, 0.2) is 0 Å². The van der Waals surface area contributed by atoms with E-state index in [0.717, 1.165) is 0 Å². The van der Waals surface area contributed by atoms with Gasteiger partial charge < -0.3 is 16.2 Å². The first-order chi connectivity index (χ1) is 8.11. The van der Waals surface area contributed by atoms with Crippen LogP contribution in [0.3, 0.4) is 0 Å². The summed E-state index contributed by atoms with van der Waals surface area (Å²) >= 11 is 0. The number of primary amides is 2. The van der Waals surface area contributed by atoms with Crippen molar-refractivity contribution >= 4 is 17.9 Å². The molecule has 0 unspecified atom stereocenters. The number of rotatable bonds is 2. The number of carbonyl (C=O) groups is 3. The lowest BCUT2D eigenvalue weighted by Crippen LogP contribution is -2.45. The first-order valence-electron chi connectivity index (χ1n) is 5.70. The lowest BCUT2D eigenvalue weighted by atomic mass is 10.1. The summed E-state index contributed by atoms with van der Waals surface area (Å²) < 4.78 is 5.16. The van der Waals surface area contributed by atoms with E-state index in [2.05, 4.69) is 0 Å². The molecule has 0 spiro atoms. The molecule has 2 atom stereocenters. The summed E-state index contributed by atoms with van der Waals surface area (Å²) in [6.07, 6.45) is -0.501. The molecule has 1 rings (SSSR count). The van der Waals surface area contributed by atoms with Crippen LogP contribution in [-0.4, -0.2) is 41.0 Å².